The minimum atomic E-state index is 0.922. The Bertz CT molecular complexity index is 107. The quantitative estimate of drug-likeness (QED) is 0.611. The number of unbranched alkanes of at least 4 members (excludes halogenated alkanes) is 1. The fourth-order valence-electron chi connectivity index (χ4n) is 1.17. The van der Waals surface area contributed by atoms with Crippen LogP contribution in [0.15, 0.2) is 0 Å². The standard InChI is InChI=1S/C9H19NOS/c1-11-4-2-3-5-12-8-9-6-10-7-9/h9-10H,2-8H2,1H3. The van der Waals surface area contributed by atoms with E-state index in [0.717, 1.165) is 12.5 Å². The van der Waals surface area contributed by atoms with E-state index in [1.165, 1.54) is 37.4 Å². The van der Waals surface area contributed by atoms with Crippen molar-refractivity contribution in [3.05, 3.63) is 0 Å². The minimum Gasteiger partial charge on any atom is -0.385 e. The van der Waals surface area contributed by atoms with Gasteiger partial charge in [-0.1, -0.05) is 0 Å². The molecule has 1 N–H and O–H groups in total. The lowest BCUT2D eigenvalue weighted by molar-refractivity contribution is 0.194. The van der Waals surface area contributed by atoms with Gasteiger partial charge in [0.2, 0.25) is 0 Å². The second kappa shape index (κ2) is 6.75. The van der Waals surface area contributed by atoms with Gasteiger partial charge in [0.25, 0.3) is 0 Å². The maximum atomic E-state index is 4.98. The summed E-state index contributed by atoms with van der Waals surface area (Å²) >= 11 is 2.09. The maximum absolute atomic E-state index is 4.98. The molecule has 0 amide bonds. The first-order chi connectivity index (χ1) is 5.93. The summed E-state index contributed by atoms with van der Waals surface area (Å²) in [4.78, 5) is 0. The third-order valence-electron chi connectivity index (χ3n) is 2.11. The molecular formula is C9H19NOS. The van der Waals surface area contributed by atoms with Gasteiger partial charge in [0, 0.05) is 13.7 Å². The van der Waals surface area contributed by atoms with Crippen molar-refractivity contribution >= 4 is 11.8 Å². The highest BCUT2D eigenvalue weighted by atomic mass is 32.2. The third-order valence-corrected chi connectivity index (χ3v) is 3.39. The van der Waals surface area contributed by atoms with Crippen LogP contribution >= 0.6 is 11.8 Å². The van der Waals surface area contributed by atoms with Crippen LogP contribution in [0.1, 0.15) is 12.8 Å². The van der Waals surface area contributed by atoms with Crippen LogP contribution in [0.2, 0.25) is 0 Å². The summed E-state index contributed by atoms with van der Waals surface area (Å²) in [6.07, 6.45) is 2.52. The van der Waals surface area contributed by atoms with Crippen LogP contribution in [0.4, 0.5) is 0 Å². The van der Waals surface area contributed by atoms with Gasteiger partial charge < -0.3 is 10.1 Å². The zero-order valence-corrected chi connectivity index (χ0v) is 8.66. The predicted molar refractivity (Wildman–Crippen MR) is 54.8 cm³/mol. The molecular weight excluding hydrogens is 170 g/mol. The molecule has 12 heavy (non-hydrogen) atoms. The molecule has 1 aliphatic rings. The van der Waals surface area contributed by atoms with Crippen LogP contribution in [0.25, 0.3) is 0 Å². The Morgan fingerprint density at radius 1 is 1.42 bits per heavy atom. The van der Waals surface area contributed by atoms with Gasteiger partial charge in [-0.05, 0) is 43.4 Å². The third kappa shape index (κ3) is 4.33. The van der Waals surface area contributed by atoms with E-state index in [1.54, 1.807) is 7.11 Å². The van der Waals surface area contributed by atoms with E-state index < -0.39 is 0 Å². The van der Waals surface area contributed by atoms with Crippen molar-refractivity contribution in [2.75, 3.05) is 38.3 Å². The summed E-state index contributed by atoms with van der Waals surface area (Å²) in [5, 5.41) is 3.29. The van der Waals surface area contributed by atoms with E-state index in [9.17, 15) is 0 Å². The average Bonchev–Trinajstić information content (AvgIpc) is 2.00. The molecule has 72 valence electrons. The van der Waals surface area contributed by atoms with Crippen LogP contribution in [0, 0.1) is 5.92 Å². The lowest BCUT2D eigenvalue weighted by atomic mass is 10.1. The largest absolute Gasteiger partial charge is 0.385 e. The highest BCUT2D eigenvalue weighted by Gasteiger charge is 2.15. The molecule has 0 spiro atoms. The second-order valence-corrected chi connectivity index (χ2v) is 4.45. The van der Waals surface area contributed by atoms with Crippen molar-refractivity contribution < 1.29 is 4.74 Å². The predicted octanol–water partition coefficient (Wildman–Crippen LogP) is 1.37. The van der Waals surface area contributed by atoms with Gasteiger partial charge >= 0.3 is 0 Å². The van der Waals surface area contributed by atoms with Gasteiger partial charge in [-0.3, -0.25) is 0 Å². The smallest absolute Gasteiger partial charge is 0.0462 e. The van der Waals surface area contributed by atoms with Crippen LogP contribution < -0.4 is 5.32 Å². The number of thioether (sulfide) groups is 1. The summed E-state index contributed by atoms with van der Waals surface area (Å²) in [7, 11) is 1.77. The highest BCUT2D eigenvalue weighted by molar-refractivity contribution is 7.99. The fraction of sp³-hybridized carbons (Fsp3) is 1.00. The Balaban J connectivity index is 1.70. The number of rotatable bonds is 7. The Kier molecular flexibility index (Phi) is 5.82. The van der Waals surface area contributed by atoms with Crippen molar-refractivity contribution in [1.29, 1.82) is 0 Å². The van der Waals surface area contributed by atoms with Crippen molar-refractivity contribution in [2.24, 2.45) is 5.92 Å². The molecule has 1 aliphatic heterocycles. The molecule has 1 fully saturated rings. The van der Waals surface area contributed by atoms with Crippen LogP contribution in [-0.2, 0) is 4.74 Å². The molecule has 1 heterocycles. The van der Waals surface area contributed by atoms with E-state index in [0.29, 0.717) is 0 Å². The van der Waals surface area contributed by atoms with E-state index in [2.05, 4.69) is 17.1 Å². The Hall–Kier alpha value is 0.270. The van der Waals surface area contributed by atoms with E-state index >= 15 is 0 Å². The summed E-state index contributed by atoms with van der Waals surface area (Å²) in [5.74, 6) is 3.61. The lowest BCUT2D eigenvalue weighted by Crippen LogP contribution is -2.43. The number of nitrogens with one attached hydrogen (secondary N) is 1. The first kappa shape index (κ1) is 10.4. The number of hydrogen-bond donors (Lipinski definition) is 1. The van der Waals surface area contributed by atoms with Gasteiger partial charge in [-0.25, -0.2) is 0 Å². The zero-order valence-electron chi connectivity index (χ0n) is 7.84. The van der Waals surface area contributed by atoms with Crippen molar-refractivity contribution in [1.82, 2.24) is 5.32 Å². The van der Waals surface area contributed by atoms with Gasteiger partial charge in [0.05, 0.1) is 0 Å². The van der Waals surface area contributed by atoms with E-state index in [-0.39, 0.29) is 0 Å². The molecule has 0 aromatic carbocycles. The monoisotopic (exact) mass is 189 g/mol. The van der Waals surface area contributed by atoms with Crippen molar-refractivity contribution in [3.63, 3.8) is 0 Å². The van der Waals surface area contributed by atoms with Crippen molar-refractivity contribution in [2.45, 2.75) is 12.8 Å². The minimum absolute atomic E-state index is 0.922. The molecule has 3 heteroatoms. The second-order valence-electron chi connectivity index (χ2n) is 3.30. The molecule has 0 radical (unpaired) electrons. The van der Waals surface area contributed by atoms with Crippen molar-refractivity contribution in [3.8, 4) is 0 Å². The van der Waals surface area contributed by atoms with Gasteiger partial charge in [-0.2, -0.15) is 11.8 Å². The Morgan fingerprint density at radius 2 is 2.25 bits per heavy atom. The number of methoxy groups -OCH3 is 1. The van der Waals surface area contributed by atoms with Crippen LogP contribution in [-0.4, -0.2) is 38.3 Å². The first-order valence-electron chi connectivity index (χ1n) is 4.71. The number of hydrogen-bond acceptors (Lipinski definition) is 3. The maximum Gasteiger partial charge on any atom is 0.0462 e. The summed E-state index contributed by atoms with van der Waals surface area (Å²) in [6.45, 7) is 3.40. The van der Waals surface area contributed by atoms with Crippen LogP contribution in [0.3, 0.4) is 0 Å². The lowest BCUT2D eigenvalue weighted by Gasteiger charge is -2.26. The van der Waals surface area contributed by atoms with Crippen LogP contribution in [0.5, 0.6) is 0 Å². The first-order valence-corrected chi connectivity index (χ1v) is 5.86. The van der Waals surface area contributed by atoms with Gasteiger partial charge in [0.1, 0.15) is 0 Å². The molecule has 0 aromatic heterocycles. The van der Waals surface area contributed by atoms with Gasteiger partial charge in [0.15, 0.2) is 0 Å². The zero-order chi connectivity index (χ0) is 8.65. The molecule has 0 atom stereocenters. The highest BCUT2D eigenvalue weighted by Crippen LogP contribution is 2.13. The number of ether oxygens (including phenoxy) is 1. The summed E-state index contributed by atoms with van der Waals surface area (Å²) in [5.41, 5.74) is 0. The van der Waals surface area contributed by atoms with Gasteiger partial charge in [-0.15, -0.1) is 0 Å². The Labute approximate surface area is 79.4 Å². The molecule has 1 rings (SSSR count). The van der Waals surface area contributed by atoms with E-state index in [1.807, 2.05) is 0 Å². The van der Waals surface area contributed by atoms with E-state index in [4.69, 9.17) is 4.74 Å². The molecule has 0 aromatic rings. The molecule has 0 saturated carbocycles. The topological polar surface area (TPSA) is 21.3 Å². The fourth-order valence-corrected chi connectivity index (χ4v) is 2.31. The molecule has 0 aliphatic carbocycles. The normalized spacial score (nSPS) is 17.8. The Morgan fingerprint density at radius 3 is 2.83 bits per heavy atom. The molecule has 0 bridgehead atoms. The molecule has 2 nitrogen and oxygen atoms in total. The summed E-state index contributed by atoms with van der Waals surface area (Å²) in [6, 6.07) is 0. The molecule has 1 saturated heterocycles. The molecule has 0 unspecified atom stereocenters. The SMILES string of the molecule is COCCCCSCC1CNC1. The summed E-state index contributed by atoms with van der Waals surface area (Å²) < 4.78 is 4.98. The average molecular weight is 189 g/mol.